The summed E-state index contributed by atoms with van der Waals surface area (Å²) in [5.41, 5.74) is 0. The molecule has 8 nitrogen and oxygen atoms in total. The first kappa shape index (κ1) is 60.5. The van der Waals surface area contributed by atoms with Gasteiger partial charge in [0.05, 0.1) is 34.4 Å². The highest BCUT2D eigenvalue weighted by Gasteiger charge is 2.26. The van der Waals surface area contributed by atoms with E-state index in [2.05, 4.69) is 13.8 Å². The largest absolute Gasteiger partial charge is 0.472 e. The van der Waals surface area contributed by atoms with Gasteiger partial charge in [-0.05, 0) is 12.8 Å². The highest BCUT2D eigenvalue weighted by atomic mass is 31.2. The summed E-state index contributed by atoms with van der Waals surface area (Å²) < 4.78 is 35.2. The summed E-state index contributed by atoms with van der Waals surface area (Å²) in [6.07, 6.45) is 51.5. The van der Waals surface area contributed by atoms with Crippen LogP contribution in [0, 0.1) is 0 Å². The molecule has 1 N–H and O–H groups in total. The Morgan fingerprint density at radius 3 is 1.08 bits per heavy atom. The molecule has 366 valence electrons. The van der Waals surface area contributed by atoms with E-state index in [1.165, 1.54) is 218 Å². The maximum Gasteiger partial charge on any atom is 0.472 e. The zero-order valence-corrected chi connectivity index (χ0v) is 42.6. The molecule has 0 aromatic carbocycles. The Hall–Kier alpha value is -0.500. The van der Waals surface area contributed by atoms with Gasteiger partial charge in [-0.3, -0.25) is 13.8 Å². The quantitative estimate of drug-likeness (QED) is 0.0281. The number of phosphoric ester groups is 1. The number of esters is 1. The molecule has 0 saturated heterocycles. The second-order valence-corrected chi connectivity index (χ2v) is 21.1. The van der Waals surface area contributed by atoms with Crippen molar-refractivity contribution >= 4 is 13.8 Å². The summed E-state index contributed by atoms with van der Waals surface area (Å²) >= 11 is 0. The molecule has 0 rings (SSSR count). The molecule has 1 unspecified atom stereocenters. The second-order valence-electron chi connectivity index (χ2n) is 19.6. The number of quaternary nitrogens is 1. The molecule has 0 aliphatic carbocycles. The molecule has 2 atom stereocenters. The summed E-state index contributed by atoms with van der Waals surface area (Å²) in [7, 11) is 1.69. The van der Waals surface area contributed by atoms with Crippen molar-refractivity contribution in [1.82, 2.24) is 0 Å². The van der Waals surface area contributed by atoms with Gasteiger partial charge in [-0.1, -0.05) is 251 Å². The van der Waals surface area contributed by atoms with Gasteiger partial charge < -0.3 is 18.9 Å². The monoisotopic (exact) mass is 889 g/mol. The second kappa shape index (κ2) is 46.0. The Morgan fingerprint density at radius 2 is 0.754 bits per heavy atom. The standard InChI is InChI=1S/C52H106NO7P/c1-6-8-10-12-14-16-18-20-22-24-26-28-30-32-34-36-38-40-42-44-47-57-49-51(50-59-61(55,56)58-48-46-53(3,4)5)60-52(54)45-43-41-39-37-35-33-31-29-27-25-23-21-19-17-15-13-11-9-7-2/h51H,6-50H2,1-5H3/p+1/t51-/m1/s1. The molecule has 0 aromatic heterocycles. The number of hydrogen-bond donors (Lipinski definition) is 1. The van der Waals surface area contributed by atoms with Crippen LogP contribution < -0.4 is 0 Å². The average Bonchev–Trinajstić information content (AvgIpc) is 3.22. The maximum atomic E-state index is 12.8. The molecule has 0 bridgehead atoms. The number of hydrogen-bond acceptors (Lipinski definition) is 6. The molecule has 0 aromatic rings. The summed E-state index contributed by atoms with van der Waals surface area (Å²) in [6, 6.07) is 0. The van der Waals surface area contributed by atoms with E-state index in [0.717, 1.165) is 32.1 Å². The Kier molecular flexibility index (Phi) is 45.7. The van der Waals surface area contributed by atoms with E-state index in [-0.39, 0.29) is 25.8 Å². The lowest BCUT2D eigenvalue weighted by Gasteiger charge is -2.24. The number of phosphoric acid groups is 1. The number of rotatable bonds is 51. The van der Waals surface area contributed by atoms with Crippen molar-refractivity contribution in [2.75, 3.05) is 54.1 Å². The van der Waals surface area contributed by atoms with E-state index in [1.807, 2.05) is 21.1 Å². The fourth-order valence-corrected chi connectivity index (χ4v) is 8.77. The normalized spacial score (nSPS) is 13.5. The fraction of sp³-hybridized carbons (Fsp3) is 0.981. The van der Waals surface area contributed by atoms with Gasteiger partial charge in [0.1, 0.15) is 19.3 Å². The van der Waals surface area contributed by atoms with Crippen molar-refractivity contribution in [3.8, 4) is 0 Å². The van der Waals surface area contributed by atoms with Gasteiger partial charge in [-0.15, -0.1) is 0 Å². The van der Waals surface area contributed by atoms with Crippen molar-refractivity contribution in [2.45, 2.75) is 277 Å². The SMILES string of the molecule is CCCCCCCCCCCCCCCCCCCCCCOC[C@H](COP(=O)(O)OCC[N+](C)(C)C)OC(=O)CCCCCCCCCCCCCCCCCCCCC. The Morgan fingerprint density at radius 1 is 0.443 bits per heavy atom. The third-order valence-electron chi connectivity index (χ3n) is 12.2. The van der Waals surface area contributed by atoms with Crippen LogP contribution in [0.25, 0.3) is 0 Å². The molecule has 0 fully saturated rings. The number of ether oxygens (including phenoxy) is 2. The van der Waals surface area contributed by atoms with Crippen molar-refractivity contribution in [1.29, 1.82) is 0 Å². The van der Waals surface area contributed by atoms with Crippen molar-refractivity contribution < 1.29 is 37.3 Å². The first-order valence-electron chi connectivity index (χ1n) is 26.8. The van der Waals surface area contributed by atoms with E-state index >= 15 is 0 Å². The van der Waals surface area contributed by atoms with Crippen LogP contribution in [0.15, 0.2) is 0 Å². The average molecular weight is 889 g/mol. The molecule has 0 aliphatic rings. The lowest BCUT2D eigenvalue weighted by Crippen LogP contribution is -2.37. The molecule has 61 heavy (non-hydrogen) atoms. The predicted octanol–water partition coefficient (Wildman–Crippen LogP) is 16.4. The van der Waals surface area contributed by atoms with Crippen LogP contribution in [0.5, 0.6) is 0 Å². The zero-order valence-electron chi connectivity index (χ0n) is 41.7. The minimum absolute atomic E-state index is 0.0943. The van der Waals surface area contributed by atoms with Crippen LogP contribution in [0.4, 0.5) is 0 Å². The molecular weight excluding hydrogens is 782 g/mol. The number of carbonyl (C=O) groups is 1. The predicted molar refractivity (Wildman–Crippen MR) is 261 cm³/mol. The van der Waals surface area contributed by atoms with E-state index in [9.17, 15) is 14.3 Å². The molecule has 0 heterocycles. The third-order valence-corrected chi connectivity index (χ3v) is 13.2. The van der Waals surface area contributed by atoms with Crippen LogP contribution in [-0.2, 0) is 27.9 Å². The van der Waals surface area contributed by atoms with Crippen LogP contribution >= 0.6 is 7.82 Å². The van der Waals surface area contributed by atoms with Gasteiger partial charge >= 0.3 is 13.8 Å². The lowest BCUT2D eigenvalue weighted by atomic mass is 10.0. The highest BCUT2D eigenvalue weighted by molar-refractivity contribution is 7.47. The van der Waals surface area contributed by atoms with Crippen LogP contribution in [0.1, 0.15) is 271 Å². The van der Waals surface area contributed by atoms with E-state index in [4.69, 9.17) is 18.5 Å². The molecule has 0 spiro atoms. The molecule has 0 aliphatic heterocycles. The van der Waals surface area contributed by atoms with Gasteiger partial charge in [-0.2, -0.15) is 0 Å². The van der Waals surface area contributed by atoms with Gasteiger partial charge in [0.25, 0.3) is 0 Å². The van der Waals surface area contributed by atoms with Gasteiger partial charge in [0.2, 0.25) is 0 Å². The number of nitrogens with zero attached hydrogens (tertiary/aromatic N) is 1. The zero-order chi connectivity index (χ0) is 44.8. The Bertz CT molecular complexity index is 945. The van der Waals surface area contributed by atoms with Crippen LogP contribution in [0.2, 0.25) is 0 Å². The van der Waals surface area contributed by atoms with Gasteiger partial charge in [0, 0.05) is 13.0 Å². The van der Waals surface area contributed by atoms with Crippen molar-refractivity contribution in [3.63, 3.8) is 0 Å². The first-order chi connectivity index (χ1) is 29.6. The minimum Gasteiger partial charge on any atom is -0.457 e. The van der Waals surface area contributed by atoms with Crippen molar-refractivity contribution in [2.24, 2.45) is 0 Å². The highest BCUT2D eigenvalue weighted by Crippen LogP contribution is 2.43. The molecule has 0 amide bonds. The third kappa shape index (κ3) is 50.4. The van der Waals surface area contributed by atoms with Gasteiger partial charge in [0.15, 0.2) is 0 Å². The molecule has 0 radical (unpaired) electrons. The fourth-order valence-electron chi connectivity index (χ4n) is 8.03. The molecule has 9 heteroatoms. The number of carbonyl (C=O) groups excluding carboxylic acids is 1. The maximum absolute atomic E-state index is 12.8. The smallest absolute Gasteiger partial charge is 0.457 e. The summed E-state index contributed by atoms with van der Waals surface area (Å²) in [6.45, 7) is 5.71. The van der Waals surface area contributed by atoms with Gasteiger partial charge in [-0.25, -0.2) is 4.57 Å². The van der Waals surface area contributed by atoms with Crippen LogP contribution in [-0.4, -0.2) is 75.6 Å². The summed E-state index contributed by atoms with van der Waals surface area (Å²) in [5, 5.41) is 0. The first-order valence-corrected chi connectivity index (χ1v) is 28.3. The summed E-state index contributed by atoms with van der Waals surface area (Å²) in [4.78, 5) is 23.0. The molecule has 0 saturated carbocycles. The van der Waals surface area contributed by atoms with E-state index < -0.39 is 13.9 Å². The Labute approximate surface area is 380 Å². The van der Waals surface area contributed by atoms with E-state index in [0.29, 0.717) is 24.1 Å². The van der Waals surface area contributed by atoms with E-state index in [1.54, 1.807) is 0 Å². The topological polar surface area (TPSA) is 91.3 Å². The van der Waals surface area contributed by atoms with Crippen molar-refractivity contribution in [3.05, 3.63) is 0 Å². The Balaban J connectivity index is 4.06. The summed E-state index contributed by atoms with van der Waals surface area (Å²) in [5.74, 6) is -0.304. The number of unbranched alkanes of at least 4 members (excludes halogenated alkanes) is 37. The lowest BCUT2D eigenvalue weighted by molar-refractivity contribution is -0.870. The molecular formula is C52H107NO7P+. The number of likely N-dealkylation sites (N-methyl/N-ethyl adjacent to an activating group) is 1. The van der Waals surface area contributed by atoms with Crippen LogP contribution in [0.3, 0.4) is 0 Å². The minimum atomic E-state index is -4.27.